The van der Waals surface area contributed by atoms with Crippen LogP contribution in [0.2, 0.25) is 0 Å². The van der Waals surface area contributed by atoms with Crippen LogP contribution in [-0.2, 0) is 11.2 Å². The van der Waals surface area contributed by atoms with Gasteiger partial charge in [-0.3, -0.25) is 4.79 Å². The molecule has 0 saturated carbocycles. The zero-order chi connectivity index (χ0) is 14.1. The molecule has 0 heterocycles. The van der Waals surface area contributed by atoms with Crippen LogP contribution in [0.5, 0.6) is 0 Å². The Morgan fingerprint density at radius 2 is 1.50 bits per heavy atom. The molecule has 18 heavy (non-hydrogen) atoms. The highest BCUT2D eigenvalue weighted by atomic mass is 16.1. The van der Waals surface area contributed by atoms with Crippen LogP contribution in [0.4, 0.5) is 0 Å². The van der Waals surface area contributed by atoms with E-state index < -0.39 is 0 Å². The highest BCUT2D eigenvalue weighted by Crippen LogP contribution is 2.21. The van der Waals surface area contributed by atoms with Gasteiger partial charge in [-0.1, -0.05) is 71.9 Å². The van der Waals surface area contributed by atoms with Crippen molar-refractivity contribution in [1.29, 1.82) is 0 Å². The van der Waals surface area contributed by atoms with Gasteiger partial charge in [0.1, 0.15) is 5.78 Å². The largest absolute Gasteiger partial charge is 0.299 e. The van der Waals surface area contributed by atoms with E-state index in [1.54, 1.807) is 0 Å². The number of carbonyl (C=O) groups excluding carboxylic acids is 1. The van der Waals surface area contributed by atoms with E-state index in [1.807, 2.05) is 45.9 Å². The van der Waals surface area contributed by atoms with Crippen LogP contribution >= 0.6 is 0 Å². The number of hydrogen-bond acceptors (Lipinski definition) is 1. The van der Waals surface area contributed by atoms with Gasteiger partial charge in [-0.15, -0.1) is 0 Å². The number of hydrogen-bond donors (Lipinski definition) is 0. The van der Waals surface area contributed by atoms with Crippen LogP contribution in [0.25, 0.3) is 0 Å². The van der Waals surface area contributed by atoms with Crippen LogP contribution in [0.3, 0.4) is 0 Å². The smallest absolute Gasteiger partial charge is 0.139 e. The first kappa shape index (κ1) is 16.9. The molecule has 1 aromatic carbocycles. The first-order valence-corrected chi connectivity index (χ1v) is 7.10. The summed E-state index contributed by atoms with van der Waals surface area (Å²) in [5.74, 6) is 1.09. The van der Waals surface area contributed by atoms with E-state index in [9.17, 15) is 4.79 Å². The minimum atomic E-state index is 0.135. The molecule has 102 valence electrons. The highest BCUT2D eigenvalue weighted by molar-refractivity contribution is 5.83. The molecule has 1 aromatic rings. The van der Waals surface area contributed by atoms with E-state index in [0.717, 1.165) is 6.42 Å². The monoisotopic (exact) mass is 248 g/mol. The van der Waals surface area contributed by atoms with Gasteiger partial charge >= 0.3 is 0 Å². The Hall–Kier alpha value is -1.11. The Morgan fingerprint density at radius 3 is 1.89 bits per heavy atom. The van der Waals surface area contributed by atoms with E-state index in [0.29, 0.717) is 11.7 Å². The van der Waals surface area contributed by atoms with Gasteiger partial charge < -0.3 is 0 Å². The van der Waals surface area contributed by atoms with E-state index in [1.165, 1.54) is 5.56 Å². The second kappa shape index (κ2) is 8.91. The second-order valence-corrected chi connectivity index (χ2v) is 5.10. The SMILES string of the molecule is CC.CC(C)C(=O)C(Cc1ccccc1)C(C)C. The molecule has 0 aliphatic heterocycles. The maximum Gasteiger partial charge on any atom is 0.139 e. The predicted molar refractivity (Wildman–Crippen MR) is 79.7 cm³/mol. The van der Waals surface area contributed by atoms with E-state index in [-0.39, 0.29) is 11.8 Å². The Morgan fingerprint density at radius 1 is 1.00 bits per heavy atom. The molecule has 1 unspecified atom stereocenters. The summed E-state index contributed by atoms with van der Waals surface area (Å²) in [7, 11) is 0. The Kier molecular flexibility index (Phi) is 8.36. The van der Waals surface area contributed by atoms with Crippen molar-refractivity contribution in [2.45, 2.75) is 48.0 Å². The summed E-state index contributed by atoms with van der Waals surface area (Å²) in [5, 5.41) is 0. The van der Waals surface area contributed by atoms with Crippen molar-refractivity contribution in [1.82, 2.24) is 0 Å². The number of benzene rings is 1. The molecule has 0 N–H and O–H groups in total. The predicted octanol–water partition coefficient (Wildman–Crippen LogP) is 4.75. The molecular weight excluding hydrogens is 220 g/mol. The van der Waals surface area contributed by atoms with Crippen molar-refractivity contribution in [3.05, 3.63) is 35.9 Å². The molecule has 0 radical (unpaired) electrons. The summed E-state index contributed by atoms with van der Waals surface area (Å²) in [6, 6.07) is 10.3. The van der Waals surface area contributed by atoms with Gasteiger partial charge in [0.2, 0.25) is 0 Å². The molecule has 1 heteroatoms. The van der Waals surface area contributed by atoms with Gasteiger partial charge in [0.05, 0.1) is 0 Å². The lowest BCUT2D eigenvalue weighted by atomic mass is 9.82. The lowest BCUT2D eigenvalue weighted by Gasteiger charge is -2.21. The third-order valence-corrected chi connectivity index (χ3v) is 3.04. The van der Waals surface area contributed by atoms with Gasteiger partial charge in [-0.2, -0.15) is 0 Å². The van der Waals surface area contributed by atoms with Crippen LogP contribution < -0.4 is 0 Å². The summed E-state index contributed by atoms with van der Waals surface area (Å²) in [4.78, 5) is 12.1. The number of rotatable bonds is 5. The highest BCUT2D eigenvalue weighted by Gasteiger charge is 2.24. The van der Waals surface area contributed by atoms with Crippen molar-refractivity contribution < 1.29 is 4.79 Å². The topological polar surface area (TPSA) is 17.1 Å². The quantitative estimate of drug-likeness (QED) is 0.734. The molecule has 0 spiro atoms. The van der Waals surface area contributed by atoms with Crippen LogP contribution in [-0.4, -0.2) is 5.78 Å². The van der Waals surface area contributed by atoms with Crippen molar-refractivity contribution in [2.24, 2.45) is 17.8 Å². The molecule has 0 aromatic heterocycles. The first-order valence-electron chi connectivity index (χ1n) is 7.10. The Balaban J connectivity index is 0.00000137. The van der Waals surface area contributed by atoms with Crippen LogP contribution in [0.15, 0.2) is 30.3 Å². The Bertz CT molecular complexity index is 325. The zero-order valence-electron chi connectivity index (χ0n) is 12.7. The molecule has 1 rings (SSSR count). The summed E-state index contributed by atoms with van der Waals surface area (Å²) in [6.45, 7) is 12.2. The fourth-order valence-corrected chi connectivity index (χ4v) is 1.96. The fourth-order valence-electron chi connectivity index (χ4n) is 1.96. The van der Waals surface area contributed by atoms with Gasteiger partial charge in [0.15, 0.2) is 0 Å². The van der Waals surface area contributed by atoms with Crippen LogP contribution in [0.1, 0.15) is 47.1 Å². The molecular formula is C17H28O. The zero-order valence-corrected chi connectivity index (χ0v) is 12.7. The van der Waals surface area contributed by atoms with E-state index >= 15 is 0 Å². The third kappa shape index (κ3) is 5.48. The molecule has 0 amide bonds. The number of carbonyl (C=O) groups is 1. The molecule has 1 atom stereocenters. The minimum absolute atomic E-state index is 0.135. The standard InChI is InChI=1S/C15H22O.C2H6/c1-11(2)14(15(16)12(3)4)10-13-8-6-5-7-9-13;1-2/h5-9,11-12,14H,10H2,1-4H3;1-2H3. The van der Waals surface area contributed by atoms with E-state index in [4.69, 9.17) is 0 Å². The van der Waals surface area contributed by atoms with Crippen molar-refractivity contribution in [3.8, 4) is 0 Å². The molecule has 0 aliphatic carbocycles. The second-order valence-electron chi connectivity index (χ2n) is 5.10. The average Bonchev–Trinajstić information content (AvgIpc) is 2.38. The van der Waals surface area contributed by atoms with Gasteiger partial charge in [0.25, 0.3) is 0 Å². The first-order chi connectivity index (χ1) is 8.52. The lowest BCUT2D eigenvalue weighted by Crippen LogP contribution is -2.26. The van der Waals surface area contributed by atoms with Gasteiger partial charge in [0, 0.05) is 11.8 Å². The Labute approximate surface area is 113 Å². The maximum absolute atomic E-state index is 12.1. The number of Topliss-reactive ketones (excluding diaryl/α,β-unsaturated/α-hetero) is 1. The van der Waals surface area contributed by atoms with Crippen molar-refractivity contribution in [2.75, 3.05) is 0 Å². The molecule has 0 saturated heterocycles. The summed E-state index contributed by atoms with van der Waals surface area (Å²) < 4.78 is 0. The van der Waals surface area contributed by atoms with E-state index in [2.05, 4.69) is 26.0 Å². The fraction of sp³-hybridized carbons (Fsp3) is 0.588. The lowest BCUT2D eigenvalue weighted by molar-refractivity contribution is -0.127. The molecule has 1 nitrogen and oxygen atoms in total. The average molecular weight is 248 g/mol. The summed E-state index contributed by atoms with van der Waals surface area (Å²) >= 11 is 0. The molecule has 0 fully saturated rings. The molecule has 0 bridgehead atoms. The van der Waals surface area contributed by atoms with Crippen molar-refractivity contribution in [3.63, 3.8) is 0 Å². The minimum Gasteiger partial charge on any atom is -0.299 e. The van der Waals surface area contributed by atoms with Gasteiger partial charge in [-0.05, 0) is 17.9 Å². The normalized spacial score (nSPS) is 12.0. The number of ketones is 1. The summed E-state index contributed by atoms with van der Waals surface area (Å²) in [5.41, 5.74) is 1.26. The van der Waals surface area contributed by atoms with Crippen molar-refractivity contribution >= 4 is 5.78 Å². The molecule has 0 aliphatic rings. The van der Waals surface area contributed by atoms with Crippen LogP contribution in [0, 0.1) is 17.8 Å². The maximum atomic E-state index is 12.1. The third-order valence-electron chi connectivity index (χ3n) is 3.04. The summed E-state index contributed by atoms with van der Waals surface area (Å²) in [6.07, 6.45) is 0.871. The van der Waals surface area contributed by atoms with Gasteiger partial charge in [-0.25, -0.2) is 0 Å².